The van der Waals surface area contributed by atoms with Crippen LogP contribution < -0.4 is 20.4 Å². The molecule has 9 nitrogen and oxygen atoms in total. The second kappa shape index (κ2) is 47.1. The van der Waals surface area contributed by atoms with Gasteiger partial charge < -0.3 is 34.0 Å². The molecule has 2 atom stereocenters. The Bertz CT molecular complexity index is 979. The van der Waals surface area contributed by atoms with E-state index in [1.165, 1.54) is 187 Å². The van der Waals surface area contributed by atoms with E-state index < -0.39 is 7.60 Å². The summed E-state index contributed by atoms with van der Waals surface area (Å²) in [6, 6.07) is 0. The third kappa shape index (κ3) is 42.4. The lowest BCUT2D eigenvalue weighted by molar-refractivity contribution is -0.932. The van der Waals surface area contributed by atoms with Gasteiger partial charge in [0.05, 0.1) is 40.3 Å². The van der Waals surface area contributed by atoms with Gasteiger partial charge in [0.25, 0.3) is 0 Å². The van der Waals surface area contributed by atoms with Crippen molar-refractivity contribution in [1.29, 1.82) is 0 Å². The van der Waals surface area contributed by atoms with Crippen molar-refractivity contribution < 1.29 is 32.9 Å². The van der Waals surface area contributed by atoms with Crippen LogP contribution in [0.3, 0.4) is 0 Å². The van der Waals surface area contributed by atoms with Crippen LogP contribution in [0.1, 0.15) is 281 Å². The topological polar surface area (TPSA) is 121 Å². The lowest BCUT2D eigenvalue weighted by atomic mass is 10.0. The molecule has 386 valence electrons. The molecule has 0 heterocycles. The standard InChI is InChI=1S/2C26H54N2O.C2H7O3P/c2*1-6-10-11-12-13-14-15-16-17-18-19-20-21-22-23-24-26(29)27-25(7-2)28(5,8-3)9-4;1-2-6(3,4)5/h2*25H,6-24H2,1-5H3;2H2,1H3,(H2,3,4,5). The van der Waals surface area contributed by atoms with Crippen molar-refractivity contribution in [3.63, 3.8) is 0 Å². The maximum absolute atomic E-state index is 12.3. The number of unbranched alkanes of at least 4 members (excludes halogenated alkanes) is 28. The summed E-state index contributed by atoms with van der Waals surface area (Å²) in [5, 5.41) is 6.58. The molecule has 0 aromatic heterocycles. The largest absolute Gasteiger partial charge is 0.811 e. The molecule has 0 aliphatic heterocycles. The number of hydrogen-bond donors (Lipinski definition) is 2. The average molecular weight is 932 g/mol. The number of carbonyl (C=O) groups is 2. The molecular weight excluding hydrogens is 816 g/mol. The van der Waals surface area contributed by atoms with Crippen LogP contribution in [0.2, 0.25) is 0 Å². The van der Waals surface area contributed by atoms with Crippen molar-refractivity contribution in [3.05, 3.63) is 0 Å². The fraction of sp³-hybridized carbons (Fsp3) is 0.963. The number of nitrogens with one attached hydrogen (secondary N) is 2. The second-order valence-corrected chi connectivity index (χ2v) is 21.4. The van der Waals surface area contributed by atoms with Gasteiger partial charge in [0.2, 0.25) is 11.8 Å². The summed E-state index contributed by atoms with van der Waals surface area (Å²) in [7, 11) is 0.357. The smallest absolute Gasteiger partial charge is 0.224 e. The summed E-state index contributed by atoms with van der Waals surface area (Å²) < 4.78 is 11.3. The first kappa shape index (κ1) is 67.3. The Morgan fingerprint density at radius 1 is 0.391 bits per heavy atom. The van der Waals surface area contributed by atoms with Gasteiger partial charge in [-0.2, -0.15) is 0 Å². The first-order valence-corrected chi connectivity index (χ1v) is 29.6. The fourth-order valence-corrected chi connectivity index (χ4v) is 8.56. The molecule has 2 N–H and O–H groups in total. The van der Waals surface area contributed by atoms with E-state index >= 15 is 0 Å². The minimum Gasteiger partial charge on any atom is -0.811 e. The van der Waals surface area contributed by atoms with Gasteiger partial charge >= 0.3 is 0 Å². The zero-order valence-corrected chi connectivity index (χ0v) is 46.0. The highest BCUT2D eigenvalue weighted by molar-refractivity contribution is 7.48. The highest BCUT2D eigenvalue weighted by Crippen LogP contribution is 2.20. The number of rotatable bonds is 43. The molecular formula is C54H115N4O5P. The summed E-state index contributed by atoms with van der Waals surface area (Å²) in [5.74, 6) is 0.496. The molecule has 64 heavy (non-hydrogen) atoms. The van der Waals surface area contributed by atoms with Gasteiger partial charge in [-0.3, -0.25) is 9.59 Å². The van der Waals surface area contributed by atoms with E-state index in [1.807, 2.05) is 0 Å². The molecule has 0 aliphatic rings. The van der Waals surface area contributed by atoms with Gasteiger partial charge in [-0.1, -0.05) is 222 Å². The van der Waals surface area contributed by atoms with Gasteiger partial charge in [0.15, 0.2) is 12.3 Å². The number of hydrogen-bond acceptors (Lipinski definition) is 5. The number of carbonyl (C=O) groups excluding carboxylic acids is 2. The Kier molecular flexibility index (Phi) is 49.5. The summed E-state index contributed by atoms with van der Waals surface area (Å²) >= 11 is 0. The van der Waals surface area contributed by atoms with Crippen LogP contribution in [-0.2, 0) is 14.2 Å². The van der Waals surface area contributed by atoms with Crippen LogP contribution in [0, 0.1) is 0 Å². The average Bonchev–Trinajstić information content (AvgIpc) is 3.29. The minimum atomic E-state index is -4.15. The van der Waals surface area contributed by atoms with E-state index in [4.69, 9.17) is 0 Å². The van der Waals surface area contributed by atoms with Gasteiger partial charge in [-0.05, 0) is 46.7 Å². The van der Waals surface area contributed by atoms with Crippen LogP contribution >= 0.6 is 7.60 Å². The maximum atomic E-state index is 12.3. The van der Waals surface area contributed by atoms with Crippen molar-refractivity contribution >= 4 is 19.4 Å². The maximum Gasteiger partial charge on any atom is 0.224 e. The highest BCUT2D eigenvalue weighted by Gasteiger charge is 2.30. The molecule has 0 bridgehead atoms. The SMILES string of the molecule is CCCCCCCCCCCCCCCCCC(=O)NC(CC)[N+](C)(CC)CC.CCCCCCCCCCCCCCCCCC(=O)NC(CC)[N+](C)(CC)CC.CCP(=O)([O-])[O-]. The first-order chi connectivity index (χ1) is 30.6. The molecule has 0 aromatic rings. The summed E-state index contributed by atoms with van der Waals surface area (Å²) in [6.07, 6.45) is 44.6. The van der Waals surface area contributed by atoms with Gasteiger partial charge in [0.1, 0.15) is 0 Å². The monoisotopic (exact) mass is 931 g/mol. The van der Waals surface area contributed by atoms with Crippen molar-refractivity contribution in [3.8, 4) is 0 Å². The normalized spacial score (nSPS) is 12.8. The van der Waals surface area contributed by atoms with Crippen LogP contribution in [0.5, 0.6) is 0 Å². The molecule has 0 saturated heterocycles. The zero-order valence-electron chi connectivity index (χ0n) is 45.1. The molecule has 0 saturated carbocycles. The fourth-order valence-electron chi connectivity index (χ4n) is 8.56. The number of quaternary nitrogens is 2. The molecule has 0 rings (SSSR count). The predicted molar refractivity (Wildman–Crippen MR) is 276 cm³/mol. The third-order valence-electron chi connectivity index (χ3n) is 14.2. The van der Waals surface area contributed by atoms with E-state index in [0.29, 0.717) is 12.8 Å². The molecule has 0 fully saturated rings. The Balaban J connectivity index is -0.00000103. The predicted octanol–water partition coefficient (Wildman–Crippen LogP) is 14.1. The Morgan fingerprint density at radius 3 is 0.734 bits per heavy atom. The lowest BCUT2D eigenvalue weighted by Crippen LogP contribution is -2.59. The van der Waals surface area contributed by atoms with Gasteiger partial charge in [-0.15, -0.1) is 0 Å². The molecule has 0 spiro atoms. The van der Waals surface area contributed by atoms with Crippen LogP contribution in [0.25, 0.3) is 0 Å². The quantitative estimate of drug-likeness (QED) is 0.0273. The minimum absolute atomic E-state index is 0.248. The first-order valence-electron chi connectivity index (χ1n) is 27.9. The zero-order chi connectivity index (χ0) is 48.8. The van der Waals surface area contributed by atoms with Gasteiger partial charge in [-0.25, -0.2) is 0 Å². The molecule has 10 heteroatoms. The van der Waals surface area contributed by atoms with Crippen LogP contribution in [-0.4, -0.2) is 79.5 Å². The summed E-state index contributed by atoms with van der Waals surface area (Å²) in [6.45, 7) is 23.4. The number of nitrogens with zero attached hydrogens (tertiary/aromatic N) is 2. The van der Waals surface area contributed by atoms with Crippen molar-refractivity contribution in [2.75, 3.05) is 46.4 Å². The molecule has 0 aromatic carbocycles. The molecule has 0 radical (unpaired) electrons. The van der Waals surface area contributed by atoms with E-state index in [-0.39, 0.29) is 30.3 Å². The lowest BCUT2D eigenvalue weighted by Gasteiger charge is -2.39. The molecule has 2 unspecified atom stereocenters. The highest BCUT2D eigenvalue weighted by atomic mass is 31.2. The third-order valence-corrected chi connectivity index (χ3v) is 15.0. The van der Waals surface area contributed by atoms with Crippen LogP contribution in [0.15, 0.2) is 0 Å². The molecule has 0 aliphatic carbocycles. The van der Waals surface area contributed by atoms with Crippen molar-refractivity contribution in [2.45, 2.75) is 293 Å². The van der Waals surface area contributed by atoms with Gasteiger partial charge in [0, 0.05) is 25.7 Å². The Hall–Kier alpha value is -0.990. The molecule has 2 amide bonds. The van der Waals surface area contributed by atoms with E-state index in [0.717, 1.165) is 60.8 Å². The van der Waals surface area contributed by atoms with E-state index in [2.05, 4.69) is 80.1 Å². The van der Waals surface area contributed by atoms with Crippen molar-refractivity contribution in [2.24, 2.45) is 0 Å². The van der Waals surface area contributed by atoms with E-state index in [9.17, 15) is 23.9 Å². The Labute approximate surface area is 401 Å². The summed E-state index contributed by atoms with van der Waals surface area (Å²) in [5.41, 5.74) is 0. The van der Waals surface area contributed by atoms with E-state index in [1.54, 1.807) is 0 Å². The van der Waals surface area contributed by atoms with Crippen molar-refractivity contribution in [1.82, 2.24) is 10.6 Å². The summed E-state index contributed by atoms with van der Waals surface area (Å²) in [4.78, 5) is 43.6. The van der Waals surface area contributed by atoms with Crippen LogP contribution in [0.4, 0.5) is 0 Å². The Morgan fingerprint density at radius 2 is 0.578 bits per heavy atom. The second-order valence-electron chi connectivity index (χ2n) is 19.5. The number of amides is 2.